The van der Waals surface area contributed by atoms with E-state index in [1.54, 1.807) is 0 Å². The summed E-state index contributed by atoms with van der Waals surface area (Å²) in [6.45, 7) is 17.5. The molecule has 0 unspecified atom stereocenters. The zero-order valence-electron chi connectivity index (χ0n) is 20.0. The lowest BCUT2D eigenvalue weighted by Crippen LogP contribution is -2.48. The predicted octanol–water partition coefficient (Wildman–Crippen LogP) is 4.08. The van der Waals surface area contributed by atoms with Crippen molar-refractivity contribution in [1.29, 1.82) is 0 Å². The van der Waals surface area contributed by atoms with Gasteiger partial charge in [-0.05, 0) is 51.8 Å². The van der Waals surface area contributed by atoms with Crippen LogP contribution in [0.25, 0.3) is 0 Å². The molecule has 0 bridgehead atoms. The lowest BCUT2D eigenvalue weighted by atomic mass is 9.77. The Bertz CT molecular complexity index is 825. The molecular weight excluding hydrogens is 386 g/mol. The van der Waals surface area contributed by atoms with Crippen molar-refractivity contribution in [2.75, 3.05) is 39.3 Å². The number of aromatic hydroxyl groups is 1. The normalized spacial score (nSPS) is 17.6. The van der Waals surface area contributed by atoms with Gasteiger partial charge < -0.3 is 10.2 Å². The molecule has 1 fully saturated rings. The minimum absolute atomic E-state index is 0.0280. The topological polar surface area (TPSA) is 59.8 Å². The Kier molecular flexibility index (Phi) is 7.09. The van der Waals surface area contributed by atoms with Crippen LogP contribution in [0.3, 0.4) is 0 Å². The quantitative estimate of drug-likeness (QED) is 0.756. The maximum absolute atomic E-state index is 11.2. The first-order chi connectivity index (χ1) is 14.5. The average Bonchev–Trinajstić information content (AvgIpc) is 2.70. The minimum Gasteiger partial charge on any atom is -0.507 e. The molecule has 0 aliphatic carbocycles. The van der Waals surface area contributed by atoms with E-state index in [0.717, 1.165) is 49.5 Å². The summed E-state index contributed by atoms with van der Waals surface area (Å²) in [4.78, 5) is 9.53. The molecule has 5 nitrogen and oxygen atoms in total. The minimum atomic E-state index is -0.172. The van der Waals surface area contributed by atoms with Crippen molar-refractivity contribution in [3.05, 3.63) is 58.9 Å². The summed E-state index contributed by atoms with van der Waals surface area (Å²) in [6.07, 6.45) is 1.86. The number of aromatic nitrogens is 1. The Hall–Kier alpha value is -1.95. The Morgan fingerprint density at radius 2 is 1.52 bits per heavy atom. The molecule has 2 heterocycles. The van der Waals surface area contributed by atoms with Crippen LogP contribution in [0.4, 0.5) is 0 Å². The van der Waals surface area contributed by atoms with Gasteiger partial charge in [-0.15, -0.1) is 0 Å². The first-order valence-electron chi connectivity index (χ1n) is 11.4. The Morgan fingerprint density at radius 1 is 0.935 bits per heavy atom. The van der Waals surface area contributed by atoms with Gasteiger partial charge in [0.05, 0.1) is 18.3 Å². The zero-order valence-corrected chi connectivity index (χ0v) is 20.0. The Labute approximate surface area is 187 Å². The van der Waals surface area contributed by atoms with Gasteiger partial charge in [0.15, 0.2) is 0 Å². The van der Waals surface area contributed by atoms with Crippen molar-refractivity contribution in [2.45, 2.75) is 58.4 Å². The largest absolute Gasteiger partial charge is 0.507 e. The van der Waals surface area contributed by atoms with E-state index in [4.69, 9.17) is 4.98 Å². The lowest BCUT2D eigenvalue weighted by Gasteiger charge is -2.40. The van der Waals surface area contributed by atoms with Gasteiger partial charge in [-0.25, -0.2) is 0 Å². The van der Waals surface area contributed by atoms with E-state index in [2.05, 4.69) is 69.5 Å². The van der Waals surface area contributed by atoms with Crippen LogP contribution in [-0.4, -0.2) is 64.3 Å². The molecule has 0 saturated carbocycles. The van der Waals surface area contributed by atoms with Crippen molar-refractivity contribution >= 4 is 0 Å². The molecule has 1 aliphatic heterocycles. The number of phenolic OH excluding ortho intramolecular Hbond substituents is 1. The van der Waals surface area contributed by atoms with Crippen molar-refractivity contribution < 1.29 is 10.2 Å². The van der Waals surface area contributed by atoms with Gasteiger partial charge >= 0.3 is 0 Å². The molecule has 1 atom stereocenters. The van der Waals surface area contributed by atoms with Gasteiger partial charge in [-0.2, -0.15) is 0 Å². The number of hydrogen-bond acceptors (Lipinski definition) is 5. The fourth-order valence-corrected chi connectivity index (χ4v) is 4.45. The molecule has 1 aliphatic rings. The van der Waals surface area contributed by atoms with Crippen LogP contribution in [0.2, 0.25) is 0 Å². The van der Waals surface area contributed by atoms with Gasteiger partial charge in [0.25, 0.3) is 0 Å². The number of hydrogen-bond donors (Lipinski definition) is 2. The summed E-state index contributed by atoms with van der Waals surface area (Å²) in [5, 5.41) is 20.5. The molecule has 1 saturated heterocycles. The van der Waals surface area contributed by atoms with Crippen LogP contribution in [0, 0.1) is 0 Å². The molecular formula is C26H39N3O2. The molecule has 31 heavy (non-hydrogen) atoms. The smallest absolute Gasteiger partial charge is 0.123 e. The van der Waals surface area contributed by atoms with Crippen LogP contribution in [0.15, 0.2) is 36.5 Å². The molecule has 5 heteroatoms. The number of benzene rings is 1. The van der Waals surface area contributed by atoms with Crippen LogP contribution < -0.4 is 0 Å². The average molecular weight is 426 g/mol. The van der Waals surface area contributed by atoms with Gasteiger partial charge in [0.2, 0.25) is 0 Å². The SMILES string of the molecule is CC(C)(C)c1cc([C@@H](c2ccccn2)N2CCN(CCO)CC2)cc(C(C)(C)C)c1O. The van der Waals surface area contributed by atoms with E-state index in [1.807, 2.05) is 18.3 Å². The summed E-state index contributed by atoms with van der Waals surface area (Å²) < 4.78 is 0. The molecule has 0 spiro atoms. The molecule has 2 aromatic rings. The van der Waals surface area contributed by atoms with Crippen LogP contribution in [0.5, 0.6) is 5.75 Å². The molecule has 0 radical (unpaired) electrons. The van der Waals surface area contributed by atoms with Crippen LogP contribution >= 0.6 is 0 Å². The molecule has 0 amide bonds. The van der Waals surface area contributed by atoms with E-state index in [1.165, 1.54) is 5.56 Å². The zero-order chi connectivity index (χ0) is 22.8. The maximum atomic E-state index is 11.2. The third-order valence-corrected chi connectivity index (χ3v) is 6.22. The second-order valence-electron chi connectivity index (χ2n) is 10.7. The highest BCUT2D eigenvalue weighted by Gasteiger charge is 2.32. The lowest BCUT2D eigenvalue weighted by molar-refractivity contribution is 0.0933. The van der Waals surface area contributed by atoms with Gasteiger partial charge in [0.1, 0.15) is 5.75 Å². The predicted molar refractivity (Wildman–Crippen MR) is 127 cm³/mol. The molecule has 2 N–H and O–H groups in total. The summed E-state index contributed by atoms with van der Waals surface area (Å²) in [5.41, 5.74) is 3.83. The summed E-state index contributed by atoms with van der Waals surface area (Å²) >= 11 is 0. The monoisotopic (exact) mass is 425 g/mol. The van der Waals surface area contributed by atoms with Crippen LogP contribution in [0.1, 0.15) is 70.0 Å². The van der Waals surface area contributed by atoms with E-state index in [-0.39, 0.29) is 23.5 Å². The fourth-order valence-electron chi connectivity index (χ4n) is 4.45. The van der Waals surface area contributed by atoms with E-state index in [9.17, 15) is 10.2 Å². The van der Waals surface area contributed by atoms with Crippen molar-refractivity contribution in [3.63, 3.8) is 0 Å². The van der Waals surface area contributed by atoms with Gasteiger partial charge in [-0.3, -0.25) is 14.8 Å². The van der Waals surface area contributed by atoms with Crippen molar-refractivity contribution in [3.8, 4) is 5.75 Å². The van der Waals surface area contributed by atoms with E-state index < -0.39 is 0 Å². The van der Waals surface area contributed by atoms with Gasteiger partial charge in [0, 0.05) is 38.9 Å². The Morgan fingerprint density at radius 3 is 1.97 bits per heavy atom. The van der Waals surface area contributed by atoms with Gasteiger partial charge in [-0.1, -0.05) is 47.6 Å². The maximum Gasteiger partial charge on any atom is 0.123 e. The standard InChI is InChI=1S/C26H39N3O2/c1-25(2,3)20-17-19(18-21(24(20)31)26(4,5)6)23(22-9-7-8-10-27-22)29-13-11-28(12-14-29)15-16-30/h7-10,17-18,23,30-31H,11-16H2,1-6H3/t23-/m0/s1. The number of nitrogens with zero attached hydrogens (tertiary/aromatic N) is 3. The number of piperazine rings is 1. The number of rotatable bonds is 5. The third-order valence-electron chi connectivity index (χ3n) is 6.22. The molecule has 3 rings (SSSR count). The molecule has 1 aromatic heterocycles. The highest BCUT2D eigenvalue weighted by molar-refractivity contribution is 5.51. The number of aliphatic hydroxyl groups is 1. The Balaban J connectivity index is 2.11. The van der Waals surface area contributed by atoms with Crippen LogP contribution in [-0.2, 0) is 10.8 Å². The highest BCUT2D eigenvalue weighted by atomic mass is 16.3. The molecule has 1 aromatic carbocycles. The fraction of sp³-hybridized carbons (Fsp3) is 0.577. The number of pyridine rings is 1. The second kappa shape index (κ2) is 9.27. The first-order valence-corrected chi connectivity index (χ1v) is 11.4. The second-order valence-corrected chi connectivity index (χ2v) is 10.7. The summed E-state index contributed by atoms with van der Waals surface area (Å²) in [7, 11) is 0. The van der Waals surface area contributed by atoms with Crippen molar-refractivity contribution in [1.82, 2.24) is 14.8 Å². The first kappa shape index (κ1) is 23.7. The van der Waals surface area contributed by atoms with E-state index >= 15 is 0 Å². The summed E-state index contributed by atoms with van der Waals surface area (Å²) in [5.74, 6) is 0.413. The van der Waals surface area contributed by atoms with Crippen molar-refractivity contribution in [2.24, 2.45) is 0 Å². The third kappa shape index (κ3) is 5.46. The highest BCUT2D eigenvalue weighted by Crippen LogP contribution is 2.42. The number of phenols is 1. The number of aliphatic hydroxyl groups excluding tert-OH is 1. The number of β-amino-alcohol motifs (C(OH)–C–C–N with tert-alkyl or cyclic N) is 1. The summed E-state index contributed by atoms with van der Waals surface area (Å²) in [6, 6.07) is 10.5. The van der Waals surface area contributed by atoms with E-state index in [0.29, 0.717) is 5.75 Å². The molecule has 170 valence electrons.